The zero-order valence-corrected chi connectivity index (χ0v) is 17.5. The second-order valence-corrected chi connectivity index (χ2v) is 6.79. The topological polar surface area (TPSA) is 61.8 Å². The Morgan fingerprint density at radius 3 is 2.23 bits per heavy atom. The third kappa shape index (κ3) is 5.49. The predicted octanol–water partition coefficient (Wildman–Crippen LogP) is 5.61. The summed E-state index contributed by atoms with van der Waals surface area (Å²) >= 11 is 6.03. The molecule has 0 aliphatic carbocycles. The van der Waals surface area contributed by atoms with Crippen LogP contribution >= 0.6 is 11.6 Å². The molecule has 0 bridgehead atoms. The van der Waals surface area contributed by atoms with E-state index in [1.807, 2.05) is 0 Å². The molecule has 0 aliphatic rings. The number of ether oxygens (including phenoxy) is 3. The molecule has 0 aliphatic heterocycles. The largest absolute Gasteiger partial charge is 0.493 e. The third-order valence-electron chi connectivity index (χ3n) is 4.33. The summed E-state index contributed by atoms with van der Waals surface area (Å²) in [6.07, 6.45) is 2.83. The minimum atomic E-state index is -0.681. The van der Waals surface area contributed by atoms with Crippen molar-refractivity contribution in [2.75, 3.05) is 14.2 Å². The smallest absolute Gasteiger partial charge is 0.343 e. The molecule has 31 heavy (non-hydrogen) atoms. The maximum atomic E-state index is 13.0. The highest BCUT2D eigenvalue weighted by molar-refractivity contribution is 6.31. The van der Waals surface area contributed by atoms with E-state index in [1.165, 1.54) is 81.0 Å². The number of ketones is 1. The number of halogens is 2. The highest BCUT2D eigenvalue weighted by Crippen LogP contribution is 2.29. The standard InChI is InChI=1S/C24H18ClFO5/c1-29-22-11-6-16(13-23(22)30-2)24(28)31-21-12-7-17(25)14-19(21)20(27)10-5-15-3-8-18(26)9-4-15/h3-14H,1-2H3. The molecule has 0 radical (unpaired) electrons. The van der Waals surface area contributed by atoms with Gasteiger partial charge in [-0.3, -0.25) is 4.79 Å². The Morgan fingerprint density at radius 2 is 1.55 bits per heavy atom. The average molecular weight is 441 g/mol. The number of rotatable bonds is 7. The van der Waals surface area contributed by atoms with Crippen molar-refractivity contribution < 1.29 is 28.2 Å². The Hall–Kier alpha value is -3.64. The van der Waals surface area contributed by atoms with Gasteiger partial charge in [0.05, 0.1) is 25.3 Å². The van der Waals surface area contributed by atoms with Gasteiger partial charge >= 0.3 is 5.97 Å². The molecule has 0 atom stereocenters. The van der Waals surface area contributed by atoms with Crippen molar-refractivity contribution in [3.8, 4) is 17.2 Å². The van der Waals surface area contributed by atoms with Crippen LogP contribution < -0.4 is 14.2 Å². The number of allylic oxidation sites excluding steroid dienone is 1. The van der Waals surface area contributed by atoms with Gasteiger partial charge in [-0.1, -0.05) is 29.8 Å². The molecule has 7 heteroatoms. The van der Waals surface area contributed by atoms with Crippen LogP contribution in [0.25, 0.3) is 6.08 Å². The highest BCUT2D eigenvalue weighted by atomic mass is 35.5. The zero-order chi connectivity index (χ0) is 22.4. The summed E-state index contributed by atoms with van der Waals surface area (Å²) in [5.41, 5.74) is 0.966. The average Bonchev–Trinajstić information content (AvgIpc) is 2.79. The van der Waals surface area contributed by atoms with Gasteiger partial charge in [0.25, 0.3) is 0 Å². The summed E-state index contributed by atoms with van der Waals surface area (Å²) in [6.45, 7) is 0. The normalized spacial score (nSPS) is 10.7. The first-order valence-electron chi connectivity index (χ1n) is 9.13. The van der Waals surface area contributed by atoms with E-state index < -0.39 is 11.8 Å². The number of carbonyl (C=O) groups excluding carboxylic acids is 2. The number of carbonyl (C=O) groups is 2. The van der Waals surface area contributed by atoms with Gasteiger partial charge in [0.2, 0.25) is 0 Å². The first-order valence-corrected chi connectivity index (χ1v) is 9.51. The van der Waals surface area contributed by atoms with Crippen molar-refractivity contribution in [2.45, 2.75) is 0 Å². The number of esters is 1. The van der Waals surface area contributed by atoms with Crippen molar-refractivity contribution in [3.63, 3.8) is 0 Å². The van der Waals surface area contributed by atoms with E-state index in [1.54, 1.807) is 6.07 Å². The molecule has 0 heterocycles. The van der Waals surface area contributed by atoms with E-state index >= 15 is 0 Å². The maximum absolute atomic E-state index is 13.0. The summed E-state index contributed by atoms with van der Waals surface area (Å²) < 4.78 is 28.8. The molecule has 158 valence electrons. The van der Waals surface area contributed by atoms with Gasteiger partial charge in [0.1, 0.15) is 11.6 Å². The van der Waals surface area contributed by atoms with Gasteiger partial charge in [-0.25, -0.2) is 9.18 Å². The van der Waals surface area contributed by atoms with Crippen LogP contribution in [0.5, 0.6) is 17.2 Å². The number of hydrogen-bond donors (Lipinski definition) is 0. The summed E-state index contributed by atoms with van der Waals surface area (Å²) in [5, 5.41) is 0.310. The maximum Gasteiger partial charge on any atom is 0.343 e. The fraction of sp³-hybridized carbons (Fsp3) is 0.0833. The molecule has 3 aromatic rings. The van der Waals surface area contributed by atoms with Crippen LogP contribution in [0, 0.1) is 5.82 Å². The summed E-state index contributed by atoms with van der Waals surface area (Å²) in [5.74, 6) is -0.596. The Labute approximate surface area is 183 Å². The fourth-order valence-electron chi connectivity index (χ4n) is 2.74. The van der Waals surface area contributed by atoms with Crippen molar-refractivity contribution >= 4 is 29.4 Å². The first kappa shape index (κ1) is 22.1. The van der Waals surface area contributed by atoms with Gasteiger partial charge in [0, 0.05) is 5.02 Å². The predicted molar refractivity (Wildman–Crippen MR) is 116 cm³/mol. The molecule has 3 rings (SSSR count). The lowest BCUT2D eigenvalue weighted by Crippen LogP contribution is -2.11. The number of methoxy groups -OCH3 is 2. The third-order valence-corrected chi connectivity index (χ3v) is 4.56. The second-order valence-electron chi connectivity index (χ2n) is 6.35. The first-order chi connectivity index (χ1) is 14.9. The molecule has 0 saturated carbocycles. The van der Waals surface area contributed by atoms with E-state index in [9.17, 15) is 14.0 Å². The molecule has 3 aromatic carbocycles. The summed E-state index contributed by atoms with van der Waals surface area (Å²) in [4.78, 5) is 25.3. The van der Waals surface area contributed by atoms with E-state index in [0.29, 0.717) is 22.1 Å². The molecule has 0 fully saturated rings. The molecule has 0 aromatic heterocycles. The molecule has 0 spiro atoms. The van der Waals surface area contributed by atoms with Crippen LogP contribution in [-0.4, -0.2) is 26.0 Å². The summed E-state index contributed by atoms with van der Waals surface area (Å²) in [7, 11) is 2.94. The van der Waals surface area contributed by atoms with Gasteiger partial charge in [-0.15, -0.1) is 0 Å². The zero-order valence-electron chi connectivity index (χ0n) is 16.7. The highest BCUT2D eigenvalue weighted by Gasteiger charge is 2.17. The number of benzene rings is 3. The quantitative estimate of drug-likeness (QED) is 0.207. The minimum absolute atomic E-state index is 0.0536. The molecule has 5 nitrogen and oxygen atoms in total. The lowest BCUT2D eigenvalue weighted by atomic mass is 10.1. The molecule has 0 unspecified atom stereocenters. The monoisotopic (exact) mass is 440 g/mol. The van der Waals surface area contributed by atoms with Crippen LogP contribution in [0.1, 0.15) is 26.3 Å². The van der Waals surface area contributed by atoms with Crippen LogP contribution in [-0.2, 0) is 0 Å². The second kappa shape index (κ2) is 9.91. The fourth-order valence-corrected chi connectivity index (χ4v) is 2.91. The van der Waals surface area contributed by atoms with Gasteiger partial charge in [-0.2, -0.15) is 0 Å². The van der Waals surface area contributed by atoms with Crippen LogP contribution in [0.4, 0.5) is 4.39 Å². The number of hydrogen-bond acceptors (Lipinski definition) is 5. The van der Waals surface area contributed by atoms with Gasteiger partial charge < -0.3 is 14.2 Å². The van der Waals surface area contributed by atoms with Crippen LogP contribution in [0.15, 0.2) is 66.7 Å². The lowest BCUT2D eigenvalue weighted by Gasteiger charge is -2.11. The van der Waals surface area contributed by atoms with E-state index in [2.05, 4.69) is 0 Å². The molecular formula is C24H18ClFO5. The lowest BCUT2D eigenvalue weighted by molar-refractivity contribution is 0.0732. The minimum Gasteiger partial charge on any atom is -0.493 e. The van der Waals surface area contributed by atoms with Crippen molar-refractivity contribution in [2.24, 2.45) is 0 Å². The van der Waals surface area contributed by atoms with Gasteiger partial charge in [-0.05, 0) is 60.2 Å². The SMILES string of the molecule is COc1ccc(C(=O)Oc2ccc(Cl)cc2C(=O)C=Cc2ccc(F)cc2)cc1OC. The summed E-state index contributed by atoms with van der Waals surface area (Å²) in [6, 6.07) is 14.6. The van der Waals surface area contributed by atoms with Crippen molar-refractivity contribution in [3.05, 3.63) is 94.3 Å². The Morgan fingerprint density at radius 1 is 0.871 bits per heavy atom. The Balaban J connectivity index is 1.85. The van der Waals surface area contributed by atoms with E-state index in [-0.39, 0.29) is 22.7 Å². The van der Waals surface area contributed by atoms with E-state index in [0.717, 1.165) is 0 Å². The van der Waals surface area contributed by atoms with Crippen molar-refractivity contribution in [1.29, 1.82) is 0 Å². The van der Waals surface area contributed by atoms with Crippen molar-refractivity contribution in [1.82, 2.24) is 0 Å². The van der Waals surface area contributed by atoms with Crippen LogP contribution in [0.3, 0.4) is 0 Å². The molecule has 0 N–H and O–H groups in total. The van der Waals surface area contributed by atoms with Gasteiger partial charge in [0.15, 0.2) is 17.3 Å². The van der Waals surface area contributed by atoms with Crippen LogP contribution in [0.2, 0.25) is 5.02 Å². The molecule has 0 amide bonds. The Kier molecular flexibility index (Phi) is 7.05. The Bertz CT molecular complexity index is 1140. The van der Waals surface area contributed by atoms with E-state index in [4.69, 9.17) is 25.8 Å². The molecule has 0 saturated heterocycles. The molecular weight excluding hydrogens is 423 g/mol.